The fourth-order valence-electron chi connectivity index (χ4n) is 3.28. The number of amides is 1. The number of benzene rings is 1. The normalized spacial score (nSPS) is 17.0. The summed E-state index contributed by atoms with van der Waals surface area (Å²) in [5, 5.41) is 0. The second-order valence-corrected chi connectivity index (χ2v) is 7.16. The molecule has 0 aliphatic carbocycles. The Balaban J connectivity index is 1.85. The largest absolute Gasteiger partial charge is 0.461 e. The molecule has 0 saturated carbocycles. The van der Waals surface area contributed by atoms with Crippen molar-refractivity contribution in [1.29, 1.82) is 0 Å². The van der Waals surface area contributed by atoms with Crippen LogP contribution in [0.4, 0.5) is 0 Å². The third-order valence-corrected chi connectivity index (χ3v) is 4.67. The Hall–Kier alpha value is -2.11. The van der Waals surface area contributed by atoms with Crippen LogP contribution in [0.15, 0.2) is 40.8 Å². The molecule has 0 N–H and O–H groups in total. The summed E-state index contributed by atoms with van der Waals surface area (Å²) in [7, 11) is 4.04. The first-order valence-electron chi connectivity index (χ1n) is 9.26. The van der Waals surface area contributed by atoms with E-state index < -0.39 is 0 Å². The van der Waals surface area contributed by atoms with Gasteiger partial charge in [0.15, 0.2) is 0 Å². The van der Waals surface area contributed by atoms with Crippen LogP contribution in [0.5, 0.6) is 0 Å². The molecular weight excluding hydrogens is 328 g/mol. The first kappa shape index (κ1) is 18.7. The number of nitrogens with zero attached hydrogens (tertiary/aromatic N) is 2. The van der Waals surface area contributed by atoms with Crippen LogP contribution in [-0.4, -0.2) is 62.1 Å². The molecule has 140 valence electrons. The average Bonchev–Trinajstić information content (AvgIpc) is 3.28. The highest BCUT2D eigenvalue weighted by Crippen LogP contribution is 2.28. The van der Waals surface area contributed by atoms with Gasteiger partial charge in [-0.05, 0) is 39.9 Å². The maximum absolute atomic E-state index is 13.3. The van der Waals surface area contributed by atoms with Crippen molar-refractivity contribution < 1.29 is 13.9 Å². The summed E-state index contributed by atoms with van der Waals surface area (Å²) >= 11 is 0. The summed E-state index contributed by atoms with van der Waals surface area (Å²) < 4.78 is 11.6. The van der Waals surface area contributed by atoms with Gasteiger partial charge in [-0.15, -0.1) is 0 Å². The number of hydrogen-bond donors (Lipinski definition) is 0. The van der Waals surface area contributed by atoms with Crippen molar-refractivity contribution in [2.24, 2.45) is 0 Å². The van der Waals surface area contributed by atoms with Crippen molar-refractivity contribution in [3.05, 3.63) is 47.7 Å². The molecule has 2 heterocycles. The highest BCUT2D eigenvalue weighted by atomic mass is 16.5. The van der Waals surface area contributed by atoms with Gasteiger partial charge >= 0.3 is 0 Å². The quantitative estimate of drug-likeness (QED) is 0.762. The third kappa shape index (κ3) is 4.54. The van der Waals surface area contributed by atoms with E-state index in [0.29, 0.717) is 24.4 Å². The molecule has 1 aromatic carbocycles. The van der Waals surface area contributed by atoms with Gasteiger partial charge in [-0.3, -0.25) is 4.79 Å². The summed E-state index contributed by atoms with van der Waals surface area (Å²) in [5.41, 5.74) is 1.55. The molecule has 1 saturated heterocycles. The van der Waals surface area contributed by atoms with Gasteiger partial charge in [0.05, 0.1) is 11.7 Å². The molecule has 5 heteroatoms. The molecule has 1 aliphatic heterocycles. The summed E-state index contributed by atoms with van der Waals surface area (Å²) in [4.78, 5) is 17.3. The summed E-state index contributed by atoms with van der Waals surface area (Å²) in [6, 6.07) is 11.7. The van der Waals surface area contributed by atoms with Gasteiger partial charge in [-0.25, -0.2) is 0 Å². The second kappa shape index (κ2) is 8.52. The lowest BCUT2D eigenvalue weighted by Crippen LogP contribution is -2.41. The minimum absolute atomic E-state index is 0.0121. The molecule has 26 heavy (non-hydrogen) atoms. The van der Waals surface area contributed by atoms with Gasteiger partial charge in [-0.2, -0.15) is 0 Å². The van der Waals surface area contributed by atoms with E-state index in [1.165, 1.54) is 0 Å². The molecule has 1 aromatic heterocycles. The van der Waals surface area contributed by atoms with Crippen molar-refractivity contribution in [3.8, 4) is 11.3 Å². The Morgan fingerprint density at radius 2 is 1.96 bits per heavy atom. The van der Waals surface area contributed by atoms with Gasteiger partial charge in [0.25, 0.3) is 5.91 Å². The van der Waals surface area contributed by atoms with E-state index in [1.54, 1.807) is 0 Å². The summed E-state index contributed by atoms with van der Waals surface area (Å²) in [6.45, 7) is 4.79. The van der Waals surface area contributed by atoms with Crippen LogP contribution < -0.4 is 0 Å². The average molecular weight is 356 g/mol. The molecule has 5 nitrogen and oxygen atoms in total. The number of rotatable bonds is 7. The monoisotopic (exact) mass is 356 g/mol. The Labute approximate surface area is 155 Å². The van der Waals surface area contributed by atoms with Crippen LogP contribution in [0.25, 0.3) is 11.3 Å². The molecule has 2 aromatic rings. The number of carbonyl (C=O) groups is 1. The smallest absolute Gasteiger partial charge is 0.257 e. The number of ether oxygens (including phenoxy) is 1. The Kier molecular flexibility index (Phi) is 6.12. The number of aryl methyl sites for hydroxylation is 1. The standard InChI is InChI=1S/C21H28N2O3/c1-16-14-19(20(26-16)17-8-5-4-6-9-17)21(24)23(12-11-22(2)3)15-18-10-7-13-25-18/h4-6,8-9,14,18H,7,10-13,15H2,1-3H3. The van der Waals surface area contributed by atoms with Gasteiger partial charge in [0.2, 0.25) is 0 Å². The van der Waals surface area contributed by atoms with Crippen molar-refractivity contribution in [2.45, 2.75) is 25.9 Å². The van der Waals surface area contributed by atoms with Gasteiger partial charge in [0.1, 0.15) is 11.5 Å². The molecule has 1 amide bonds. The van der Waals surface area contributed by atoms with Crippen molar-refractivity contribution in [2.75, 3.05) is 40.3 Å². The molecule has 1 atom stereocenters. The number of likely N-dealkylation sites (N-methyl/N-ethyl adjacent to an activating group) is 1. The Bertz CT molecular complexity index is 718. The predicted molar refractivity (Wildman–Crippen MR) is 102 cm³/mol. The topological polar surface area (TPSA) is 45.9 Å². The van der Waals surface area contributed by atoms with Crippen molar-refractivity contribution >= 4 is 5.91 Å². The molecule has 1 aliphatic rings. The highest BCUT2D eigenvalue weighted by Gasteiger charge is 2.27. The molecule has 0 radical (unpaired) electrons. The lowest BCUT2D eigenvalue weighted by molar-refractivity contribution is 0.0512. The Morgan fingerprint density at radius 3 is 2.62 bits per heavy atom. The second-order valence-electron chi connectivity index (χ2n) is 7.16. The molecule has 0 spiro atoms. The lowest BCUT2D eigenvalue weighted by Gasteiger charge is -2.26. The lowest BCUT2D eigenvalue weighted by atomic mass is 10.1. The van der Waals surface area contributed by atoms with Crippen LogP contribution in [0, 0.1) is 6.92 Å². The zero-order chi connectivity index (χ0) is 18.5. The van der Waals surface area contributed by atoms with Gasteiger partial charge in [-0.1, -0.05) is 30.3 Å². The zero-order valence-corrected chi connectivity index (χ0v) is 15.9. The minimum Gasteiger partial charge on any atom is -0.461 e. The minimum atomic E-state index is 0.0121. The summed E-state index contributed by atoms with van der Waals surface area (Å²) in [6.07, 6.45) is 2.22. The van der Waals surface area contributed by atoms with E-state index in [2.05, 4.69) is 4.90 Å². The van der Waals surface area contributed by atoms with E-state index in [-0.39, 0.29) is 12.0 Å². The molecule has 1 unspecified atom stereocenters. The van der Waals surface area contributed by atoms with E-state index >= 15 is 0 Å². The first-order valence-corrected chi connectivity index (χ1v) is 9.26. The highest BCUT2D eigenvalue weighted by molar-refractivity contribution is 5.99. The van der Waals surface area contributed by atoms with Crippen molar-refractivity contribution in [1.82, 2.24) is 9.80 Å². The third-order valence-electron chi connectivity index (χ3n) is 4.67. The maximum atomic E-state index is 13.3. The number of carbonyl (C=O) groups excluding carboxylic acids is 1. The molecule has 3 rings (SSSR count). The number of furan rings is 1. The van der Waals surface area contributed by atoms with E-state index in [4.69, 9.17) is 9.15 Å². The fourth-order valence-corrected chi connectivity index (χ4v) is 3.28. The van der Waals surface area contributed by atoms with Gasteiger partial charge < -0.3 is 19.0 Å². The molecular formula is C21H28N2O3. The number of hydrogen-bond acceptors (Lipinski definition) is 4. The van der Waals surface area contributed by atoms with Gasteiger partial charge in [0, 0.05) is 31.8 Å². The van der Waals surface area contributed by atoms with Crippen LogP contribution in [0.1, 0.15) is 29.0 Å². The Morgan fingerprint density at radius 1 is 1.19 bits per heavy atom. The summed E-state index contributed by atoms with van der Waals surface area (Å²) in [5.74, 6) is 1.41. The van der Waals surface area contributed by atoms with Crippen LogP contribution in [0.2, 0.25) is 0 Å². The predicted octanol–water partition coefficient (Wildman–Crippen LogP) is 3.44. The van der Waals surface area contributed by atoms with E-state index in [9.17, 15) is 4.79 Å². The molecule has 0 bridgehead atoms. The van der Waals surface area contributed by atoms with E-state index in [1.807, 2.05) is 62.3 Å². The fraction of sp³-hybridized carbons (Fsp3) is 0.476. The van der Waals surface area contributed by atoms with Crippen LogP contribution in [0.3, 0.4) is 0 Å². The zero-order valence-electron chi connectivity index (χ0n) is 15.9. The van der Waals surface area contributed by atoms with E-state index in [0.717, 1.165) is 37.3 Å². The molecule has 1 fully saturated rings. The maximum Gasteiger partial charge on any atom is 0.257 e. The first-order chi connectivity index (χ1) is 12.5. The van der Waals surface area contributed by atoms with Crippen LogP contribution in [-0.2, 0) is 4.74 Å². The SMILES string of the molecule is Cc1cc(C(=O)N(CCN(C)C)CC2CCCO2)c(-c2ccccc2)o1. The van der Waals surface area contributed by atoms with Crippen LogP contribution >= 0.6 is 0 Å². The van der Waals surface area contributed by atoms with Crippen molar-refractivity contribution in [3.63, 3.8) is 0 Å².